The summed E-state index contributed by atoms with van der Waals surface area (Å²) >= 11 is 0. The number of H-pyrrole nitrogens is 1. The quantitative estimate of drug-likeness (QED) is 0.852. The number of hydrogen-bond acceptors (Lipinski definition) is 4. The number of rotatable bonds is 5. The summed E-state index contributed by atoms with van der Waals surface area (Å²) in [5.74, 6) is 1.52. The molecule has 0 saturated heterocycles. The fourth-order valence-electron chi connectivity index (χ4n) is 1.74. The van der Waals surface area contributed by atoms with Gasteiger partial charge in [0, 0.05) is 12.3 Å². The Kier molecular flexibility index (Phi) is 3.72. The Morgan fingerprint density at radius 3 is 2.67 bits per heavy atom. The molecule has 1 atom stereocenters. The molecule has 2 aromatic rings. The van der Waals surface area contributed by atoms with Crippen molar-refractivity contribution < 1.29 is 9.47 Å². The Labute approximate surface area is 106 Å². The molecule has 1 aromatic carbocycles. The third-order valence-electron chi connectivity index (χ3n) is 2.77. The van der Waals surface area contributed by atoms with Gasteiger partial charge in [-0.25, -0.2) is 0 Å². The van der Waals surface area contributed by atoms with Crippen LogP contribution in [0.1, 0.15) is 18.7 Å². The van der Waals surface area contributed by atoms with Crippen molar-refractivity contribution in [3.63, 3.8) is 0 Å². The summed E-state index contributed by atoms with van der Waals surface area (Å²) in [4.78, 5) is 0. The molecular weight excluding hydrogens is 230 g/mol. The Morgan fingerprint density at radius 2 is 2.06 bits per heavy atom. The molecule has 0 fully saturated rings. The highest BCUT2D eigenvalue weighted by molar-refractivity contribution is 5.59. The van der Waals surface area contributed by atoms with Gasteiger partial charge in [0.05, 0.1) is 31.6 Å². The summed E-state index contributed by atoms with van der Waals surface area (Å²) in [5, 5.41) is 10.2. The lowest BCUT2D eigenvalue weighted by molar-refractivity contribution is 0.395. The zero-order valence-electron chi connectivity index (χ0n) is 10.7. The smallest absolute Gasteiger partial charge is 0.145 e. The van der Waals surface area contributed by atoms with Gasteiger partial charge in [0.2, 0.25) is 0 Å². The maximum absolute atomic E-state index is 5.34. The van der Waals surface area contributed by atoms with Crippen LogP contribution in [0.15, 0.2) is 30.5 Å². The molecule has 96 valence electrons. The highest BCUT2D eigenvalue weighted by Gasteiger charge is 2.10. The lowest BCUT2D eigenvalue weighted by Gasteiger charge is -2.16. The molecule has 18 heavy (non-hydrogen) atoms. The van der Waals surface area contributed by atoms with E-state index >= 15 is 0 Å². The fourth-order valence-corrected chi connectivity index (χ4v) is 1.74. The Morgan fingerprint density at radius 1 is 1.22 bits per heavy atom. The van der Waals surface area contributed by atoms with Gasteiger partial charge in [-0.15, -0.1) is 0 Å². The van der Waals surface area contributed by atoms with Gasteiger partial charge in [-0.1, -0.05) is 0 Å². The second-order valence-electron chi connectivity index (χ2n) is 3.94. The molecule has 0 aliphatic heterocycles. The average molecular weight is 247 g/mol. The largest absolute Gasteiger partial charge is 0.497 e. The van der Waals surface area contributed by atoms with Gasteiger partial charge < -0.3 is 14.8 Å². The number of nitrogens with one attached hydrogen (secondary N) is 2. The van der Waals surface area contributed by atoms with Crippen molar-refractivity contribution in [2.24, 2.45) is 0 Å². The third-order valence-corrected chi connectivity index (χ3v) is 2.77. The number of hydrogen-bond donors (Lipinski definition) is 2. The van der Waals surface area contributed by atoms with Gasteiger partial charge in [-0.2, -0.15) is 5.10 Å². The van der Waals surface area contributed by atoms with E-state index in [1.54, 1.807) is 20.4 Å². The van der Waals surface area contributed by atoms with Crippen LogP contribution < -0.4 is 14.8 Å². The van der Waals surface area contributed by atoms with E-state index in [4.69, 9.17) is 9.47 Å². The topological polar surface area (TPSA) is 59.2 Å². The minimum atomic E-state index is 0.120. The highest BCUT2D eigenvalue weighted by atomic mass is 16.5. The van der Waals surface area contributed by atoms with Gasteiger partial charge in [-0.3, -0.25) is 5.10 Å². The zero-order valence-corrected chi connectivity index (χ0v) is 10.7. The summed E-state index contributed by atoms with van der Waals surface area (Å²) < 4.78 is 10.5. The number of ether oxygens (including phenoxy) is 2. The Bertz CT molecular complexity index is 497. The SMILES string of the molecule is COc1ccc(NC(C)c2ccn[nH]2)c(OC)c1. The van der Waals surface area contributed by atoms with Crippen LogP contribution in [0.4, 0.5) is 5.69 Å². The van der Waals surface area contributed by atoms with E-state index in [0.717, 1.165) is 22.9 Å². The molecular formula is C13H17N3O2. The van der Waals surface area contributed by atoms with Crippen LogP contribution in [0, 0.1) is 0 Å². The first-order valence-electron chi connectivity index (χ1n) is 5.72. The number of aromatic nitrogens is 2. The van der Waals surface area contributed by atoms with E-state index in [1.807, 2.05) is 24.3 Å². The molecule has 0 bridgehead atoms. The van der Waals surface area contributed by atoms with E-state index < -0.39 is 0 Å². The highest BCUT2D eigenvalue weighted by Crippen LogP contribution is 2.31. The first kappa shape index (κ1) is 12.3. The van der Waals surface area contributed by atoms with Gasteiger partial charge >= 0.3 is 0 Å². The van der Waals surface area contributed by atoms with Crippen LogP contribution in [-0.4, -0.2) is 24.4 Å². The summed E-state index contributed by atoms with van der Waals surface area (Å²) in [6.45, 7) is 2.05. The molecule has 0 aliphatic rings. The van der Waals surface area contributed by atoms with Crippen LogP contribution in [0.25, 0.3) is 0 Å². The molecule has 0 radical (unpaired) electrons. The number of methoxy groups -OCH3 is 2. The molecule has 5 nitrogen and oxygen atoms in total. The predicted molar refractivity (Wildman–Crippen MR) is 70.2 cm³/mol. The molecule has 1 unspecified atom stereocenters. The van der Waals surface area contributed by atoms with E-state index in [9.17, 15) is 0 Å². The summed E-state index contributed by atoms with van der Waals surface area (Å²) in [5.41, 5.74) is 1.94. The zero-order chi connectivity index (χ0) is 13.0. The lowest BCUT2D eigenvalue weighted by Crippen LogP contribution is -2.08. The second-order valence-corrected chi connectivity index (χ2v) is 3.94. The Hall–Kier alpha value is -2.17. The lowest BCUT2D eigenvalue weighted by atomic mass is 10.2. The number of anilines is 1. The van der Waals surface area contributed by atoms with Gasteiger partial charge in [-0.05, 0) is 25.1 Å². The molecule has 0 amide bonds. The maximum Gasteiger partial charge on any atom is 0.145 e. The average Bonchev–Trinajstić information content (AvgIpc) is 2.93. The molecule has 5 heteroatoms. The molecule has 0 saturated carbocycles. The normalized spacial score (nSPS) is 11.9. The van der Waals surface area contributed by atoms with Crippen LogP contribution in [-0.2, 0) is 0 Å². The van der Waals surface area contributed by atoms with E-state index in [-0.39, 0.29) is 6.04 Å². The van der Waals surface area contributed by atoms with E-state index in [0.29, 0.717) is 0 Å². The standard InChI is InChI=1S/C13H17N3O2/c1-9(11-6-7-14-16-11)15-12-5-4-10(17-2)8-13(12)18-3/h4-9,15H,1-3H3,(H,14,16). The van der Waals surface area contributed by atoms with Crippen LogP contribution in [0.3, 0.4) is 0 Å². The number of benzene rings is 1. The van der Waals surface area contributed by atoms with Crippen molar-refractivity contribution in [1.82, 2.24) is 10.2 Å². The van der Waals surface area contributed by atoms with Crippen molar-refractivity contribution in [3.8, 4) is 11.5 Å². The van der Waals surface area contributed by atoms with Gasteiger partial charge in [0.25, 0.3) is 0 Å². The van der Waals surface area contributed by atoms with E-state index in [2.05, 4.69) is 22.4 Å². The molecule has 0 aliphatic carbocycles. The summed E-state index contributed by atoms with van der Waals surface area (Å²) in [6.07, 6.45) is 1.73. The molecule has 0 spiro atoms. The van der Waals surface area contributed by atoms with Crippen molar-refractivity contribution in [2.75, 3.05) is 19.5 Å². The van der Waals surface area contributed by atoms with Gasteiger partial charge in [0.15, 0.2) is 0 Å². The van der Waals surface area contributed by atoms with E-state index in [1.165, 1.54) is 0 Å². The van der Waals surface area contributed by atoms with Crippen molar-refractivity contribution >= 4 is 5.69 Å². The molecule has 2 N–H and O–H groups in total. The first-order chi connectivity index (χ1) is 8.74. The first-order valence-corrected chi connectivity index (χ1v) is 5.72. The minimum absolute atomic E-state index is 0.120. The Balaban J connectivity index is 2.18. The number of aromatic amines is 1. The third kappa shape index (κ3) is 2.56. The summed E-state index contributed by atoms with van der Waals surface area (Å²) in [6, 6.07) is 7.74. The van der Waals surface area contributed by atoms with Crippen LogP contribution in [0.2, 0.25) is 0 Å². The minimum Gasteiger partial charge on any atom is -0.497 e. The molecule has 1 heterocycles. The summed E-state index contributed by atoms with van der Waals surface area (Å²) in [7, 11) is 3.27. The van der Waals surface area contributed by atoms with Crippen LogP contribution in [0.5, 0.6) is 11.5 Å². The molecule has 2 rings (SSSR count). The van der Waals surface area contributed by atoms with Crippen molar-refractivity contribution in [1.29, 1.82) is 0 Å². The second kappa shape index (κ2) is 5.44. The monoisotopic (exact) mass is 247 g/mol. The number of nitrogens with zero attached hydrogens (tertiary/aromatic N) is 1. The van der Waals surface area contributed by atoms with Crippen LogP contribution >= 0.6 is 0 Å². The molecule has 1 aromatic heterocycles. The van der Waals surface area contributed by atoms with Crippen molar-refractivity contribution in [3.05, 3.63) is 36.2 Å². The maximum atomic E-state index is 5.34. The predicted octanol–water partition coefficient (Wildman–Crippen LogP) is 2.60. The van der Waals surface area contributed by atoms with Crippen molar-refractivity contribution in [2.45, 2.75) is 13.0 Å². The van der Waals surface area contributed by atoms with Gasteiger partial charge in [0.1, 0.15) is 11.5 Å². The fraction of sp³-hybridized carbons (Fsp3) is 0.308.